The standard InChI is InChI=1S/C13H16N4OS.K/c1-2-18-10-6-4-3-5-8(10)7-9-11(14)16-13(19)17-12(9)15;/h3-6H,2,7H2,1H3,(H5,14,15,16,17,19);. The van der Waals surface area contributed by atoms with Gasteiger partial charge in [0.05, 0.1) is 6.61 Å². The maximum Gasteiger partial charge on any atom is 0.200 e. The van der Waals surface area contributed by atoms with Gasteiger partial charge in [0.25, 0.3) is 0 Å². The van der Waals surface area contributed by atoms with Gasteiger partial charge < -0.3 is 21.2 Å². The van der Waals surface area contributed by atoms with Crippen molar-refractivity contribution in [3.05, 3.63) is 40.2 Å². The molecule has 0 spiro atoms. The first-order valence-corrected chi connectivity index (χ1v) is 6.37. The predicted molar refractivity (Wildman–Crippen MR) is 84.4 cm³/mol. The fourth-order valence-electron chi connectivity index (χ4n) is 1.86. The Bertz CT molecular complexity index is 618. The number of para-hydroxylation sites is 1. The van der Waals surface area contributed by atoms with Gasteiger partial charge in [-0.25, -0.2) is 4.98 Å². The molecule has 0 saturated heterocycles. The van der Waals surface area contributed by atoms with E-state index in [0.29, 0.717) is 24.7 Å². The molecule has 1 aromatic heterocycles. The molecule has 0 aliphatic rings. The second kappa shape index (κ2) is 8.11. The van der Waals surface area contributed by atoms with Gasteiger partial charge in [-0.1, -0.05) is 18.2 Å². The monoisotopic (exact) mass is 315 g/mol. The minimum atomic E-state index is 0. The van der Waals surface area contributed by atoms with Gasteiger partial charge in [-0.05, 0) is 30.8 Å². The average Bonchev–Trinajstić information content (AvgIpc) is 2.36. The van der Waals surface area contributed by atoms with E-state index in [4.69, 9.17) is 28.4 Å². The molecule has 1 heterocycles. The Kier molecular flexibility index (Phi) is 7.14. The van der Waals surface area contributed by atoms with E-state index in [2.05, 4.69) is 9.97 Å². The summed E-state index contributed by atoms with van der Waals surface area (Å²) in [6, 6.07) is 7.77. The zero-order valence-corrected chi connectivity index (χ0v) is 15.6. The van der Waals surface area contributed by atoms with Gasteiger partial charge in [0.15, 0.2) is 4.77 Å². The fraction of sp³-hybridized carbons (Fsp3) is 0.231. The molecule has 1 aromatic carbocycles. The van der Waals surface area contributed by atoms with Crippen LogP contribution in [0.25, 0.3) is 0 Å². The van der Waals surface area contributed by atoms with E-state index in [-0.39, 0.29) is 56.2 Å². The number of anilines is 2. The number of ether oxygens (including phenoxy) is 1. The molecule has 2 rings (SSSR count). The summed E-state index contributed by atoms with van der Waals surface area (Å²) in [5.74, 6) is 1.63. The number of hydrogen-bond donors (Lipinski definition) is 3. The molecular weight excluding hydrogens is 299 g/mol. The molecule has 0 unspecified atom stereocenters. The molecule has 0 aliphatic carbocycles. The normalized spacial score (nSPS) is 9.85. The Morgan fingerprint density at radius 3 is 2.65 bits per heavy atom. The van der Waals surface area contributed by atoms with Gasteiger partial charge in [0.2, 0.25) is 0 Å². The van der Waals surface area contributed by atoms with E-state index in [9.17, 15) is 0 Å². The number of nitrogens with one attached hydrogen (secondary N) is 1. The summed E-state index contributed by atoms with van der Waals surface area (Å²) < 4.78 is 5.87. The third-order valence-electron chi connectivity index (χ3n) is 2.74. The smallest absolute Gasteiger partial charge is 0.200 e. The van der Waals surface area contributed by atoms with Gasteiger partial charge in [-0.3, -0.25) is 0 Å². The Morgan fingerprint density at radius 2 is 2.00 bits per heavy atom. The van der Waals surface area contributed by atoms with Crippen molar-refractivity contribution in [1.29, 1.82) is 0 Å². The SMILES string of the molecule is CCOc1ccccc1Cc1c(N)nc(=S)[nH]c1N.[K]. The Hall–Kier alpha value is -0.444. The predicted octanol–water partition coefficient (Wildman–Crippen LogP) is 1.91. The maximum atomic E-state index is 5.91. The summed E-state index contributed by atoms with van der Waals surface area (Å²) in [7, 11) is 0. The molecule has 2 aromatic rings. The molecule has 7 heteroatoms. The summed E-state index contributed by atoms with van der Waals surface area (Å²) in [5, 5.41) is 0. The summed E-state index contributed by atoms with van der Waals surface area (Å²) in [6.07, 6.45) is 0.549. The van der Waals surface area contributed by atoms with Gasteiger partial charge in [0, 0.05) is 63.4 Å². The first-order valence-electron chi connectivity index (χ1n) is 5.96. The number of nitrogen functional groups attached to an aromatic ring is 2. The van der Waals surface area contributed by atoms with Gasteiger partial charge >= 0.3 is 0 Å². The van der Waals surface area contributed by atoms with Crippen LogP contribution in [-0.4, -0.2) is 68.0 Å². The van der Waals surface area contributed by atoms with Crippen LogP contribution in [0.2, 0.25) is 0 Å². The maximum absolute atomic E-state index is 5.91. The fourth-order valence-corrected chi connectivity index (χ4v) is 2.06. The second-order valence-corrected chi connectivity index (χ2v) is 4.42. The van der Waals surface area contributed by atoms with E-state index in [1.165, 1.54) is 0 Å². The number of nitrogens with two attached hydrogens (primary N) is 2. The zero-order valence-electron chi connectivity index (χ0n) is 11.6. The summed E-state index contributed by atoms with van der Waals surface area (Å²) in [5.41, 5.74) is 13.5. The van der Waals surface area contributed by atoms with Crippen LogP contribution >= 0.6 is 12.2 Å². The largest absolute Gasteiger partial charge is 0.494 e. The average molecular weight is 315 g/mol. The topological polar surface area (TPSA) is 90.0 Å². The van der Waals surface area contributed by atoms with E-state index in [1.54, 1.807) is 0 Å². The molecule has 1 radical (unpaired) electrons. The second-order valence-electron chi connectivity index (χ2n) is 4.04. The molecule has 20 heavy (non-hydrogen) atoms. The number of benzene rings is 1. The van der Waals surface area contributed by atoms with Crippen LogP contribution in [0.3, 0.4) is 0 Å². The van der Waals surface area contributed by atoms with Crippen molar-refractivity contribution in [3.8, 4) is 5.75 Å². The molecule has 0 bridgehead atoms. The number of H-pyrrole nitrogens is 1. The van der Waals surface area contributed by atoms with Crippen molar-refractivity contribution in [2.75, 3.05) is 18.1 Å². The minimum absolute atomic E-state index is 0. The van der Waals surface area contributed by atoms with Crippen molar-refractivity contribution in [2.45, 2.75) is 13.3 Å². The molecule has 5 nitrogen and oxygen atoms in total. The number of hydrogen-bond acceptors (Lipinski definition) is 5. The van der Waals surface area contributed by atoms with Crippen LogP contribution in [0.5, 0.6) is 5.75 Å². The Morgan fingerprint density at radius 1 is 1.30 bits per heavy atom. The van der Waals surface area contributed by atoms with Crippen molar-refractivity contribution in [3.63, 3.8) is 0 Å². The molecule has 0 aliphatic heterocycles. The molecular formula is C13H16KN4OS. The molecule has 101 valence electrons. The van der Waals surface area contributed by atoms with E-state index in [1.807, 2.05) is 31.2 Å². The van der Waals surface area contributed by atoms with Crippen molar-refractivity contribution in [2.24, 2.45) is 0 Å². The number of aromatic amines is 1. The molecule has 0 fully saturated rings. The van der Waals surface area contributed by atoms with Gasteiger partial charge in [-0.15, -0.1) is 0 Å². The molecule has 0 amide bonds. The van der Waals surface area contributed by atoms with Gasteiger partial charge in [0.1, 0.15) is 17.4 Å². The third-order valence-corrected chi connectivity index (χ3v) is 2.93. The molecule has 0 saturated carbocycles. The van der Waals surface area contributed by atoms with Crippen LogP contribution in [0, 0.1) is 4.77 Å². The van der Waals surface area contributed by atoms with Crippen molar-refractivity contribution in [1.82, 2.24) is 9.97 Å². The van der Waals surface area contributed by atoms with Gasteiger partial charge in [-0.2, -0.15) is 0 Å². The van der Waals surface area contributed by atoms with Crippen molar-refractivity contribution < 1.29 is 4.74 Å². The Balaban J connectivity index is 0.00000200. The zero-order chi connectivity index (χ0) is 13.8. The number of rotatable bonds is 4. The van der Waals surface area contributed by atoms with E-state index in [0.717, 1.165) is 16.9 Å². The first-order chi connectivity index (χ1) is 9.11. The van der Waals surface area contributed by atoms with E-state index < -0.39 is 0 Å². The quantitative estimate of drug-likeness (QED) is 0.592. The summed E-state index contributed by atoms with van der Waals surface area (Å²) in [6.45, 7) is 2.55. The number of nitrogens with zero attached hydrogens (tertiary/aromatic N) is 1. The van der Waals surface area contributed by atoms with Crippen LogP contribution in [0.15, 0.2) is 24.3 Å². The molecule has 5 N–H and O–H groups in total. The minimum Gasteiger partial charge on any atom is -0.494 e. The van der Waals surface area contributed by atoms with Crippen LogP contribution in [0.4, 0.5) is 11.6 Å². The van der Waals surface area contributed by atoms with E-state index >= 15 is 0 Å². The summed E-state index contributed by atoms with van der Waals surface area (Å²) in [4.78, 5) is 6.83. The Labute approximate surface area is 165 Å². The summed E-state index contributed by atoms with van der Waals surface area (Å²) >= 11 is 4.93. The van der Waals surface area contributed by atoms with Crippen LogP contribution < -0.4 is 16.2 Å². The third kappa shape index (κ3) is 4.27. The number of aromatic nitrogens is 2. The van der Waals surface area contributed by atoms with Crippen molar-refractivity contribution >= 4 is 75.2 Å². The first kappa shape index (κ1) is 17.6. The molecule has 0 atom stereocenters. The van der Waals surface area contributed by atoms with Crippen LogP contribution in [0.1, 0.15) is 18.1 Å². The van der Waals surface area contributed by atoms with Crippen LogP contribution in [-0.2, 0) is 6.42 Å².